The Morgan fingerprint density at radius 3 is 2.56 bits per heavy atom. The van der Waals surface area contributed by atoms with Gasteiger partial charge in [-0.25, -0.2) is 0 Å². The second-order valence-corrected chi connectivity index (χ2v) is 6.74. The van der Waals surface area contributed by atoms with Crippen molar-refractivity contribution in [2.24, 2.45) is 0 Å². The first kappa shape index (κ1) is 21.6. The van der Waals surface area contributed by atoms with Crippen LogP contribution in [0.2, 0.25) is 0 Å². The predicted octanol–water partition coefficient (Wildman–Crippen LogP) is 3.87. The fraction of sp³-hybridized carbons (Fsp3) is 0.636. The van der Waals surface area contributed by atoms with Crippen LogP contribution in [0.25, 0.3) is 0 Å². The van der Waals surface area contributed by atoms with E-state index in [9.17, 15) is 9.59 Å². The van der Waals surface area contributed by atoms with Crippen LogP contribution in [-0.2, 0) is 19.1 Å². The van der Waals surface area contributed by atoms with Gasteiger partial charge in [0.25, 0.3) is 0 Å². The summed E-state index contributed by atoms with van der Waals surface area (Å²) in [6.07, 6.45) is 3.48. The van der Waals surface area contributed by atoms with Gasteiger partial charge >= 0.3 is 0 Å². The number of unbranched alkanes of at least 4 members (excludes halogenated alkanes) is 2. The van der Waals surface area contributed by atoms with Crippen LogP contribution in [0.3, 0.4) is 0 Å². The van der Waals surface area contributed by atoms with E-state index in [2.05, 4.69) is 19.2 Å². The average Bonchev–Trinajstić information content (AvgIpc) is 2.68. The van der Waals surface area contributed by atoms with E-state index in [1.165, 1.54) is 0 Å². The maximum Gasteiger partial charge on any atom is 0.220 e. The number of carbonyl (C=O) groups is 2. The lowest BCUT2D eigenvalue weighted by Gasteiger charge is -2.20. The number of ether oxygens (including phenoxy) is 2. The van der Waals surface area contributed by atoms with E-state index in [0.717, 1.165) is 31.2 Å². The molecule has 2 unspecified atom stereocenters. The van der Waals surface area contributed by atoms with Gasteiger partial charge in [0.2, 0.25) is 5.91 Å². The minimum atomic E-state index is -0.660. The first-order chi connectivity index (χ1) is 13.6. The normalized spacial score (nSPS) is 13.6. The van der Waals surface area contributed by atoms with Crippen molar-refractivity contribution < 1.29 is 20.4 Å². The van der Waals surface area contributed by atoms with Gasteiger partial charge in [-0.05, 0) is 24.3 Å². The molecule has 0 saturated carbocycles. The largest absolute Gasteiger partial charge is 0.379 e. The zero-order chi connectivity index (χ0) is 20.6. The highest BCUT2D eigenvalue weighted by atomic mass is 16.5. The van der Waals surface area contributed by atoms with Crippen LogP contribution >= 0.6 is 0 Å². The number of benzene rings is 1. The molecule has 0 spiro atoms. The molecule has 0 aromatic heterocycles. The molecule has 1 aromatic carbocycles. The fourth-order valence-electron chi connectivity index (χ4n) is 2.68. The summed E-state index contributed by atoms with van der Waals surface area (Å²) in [7, 11) is 0. The topological polar surface area (TPSA) is 64.6 Å². The maximum atomic E-state index is 12.4. The molecule has 5 nitrogen and oxygen atoms in total. The molecule has 27 heavy (non-hydrogen) atoms. The Labute approximate surface area is 165 Å². The minimum absolute atomic E-state index is 0.0357. The smallest absolute Gasteiger partial charge is 0.220 e. The van der Waals surface area contributed by atoms with E-state index in [1.807, 2.05) is 30.3 Å². The van der Waals surface area contributed by atoms with E-state index in [1.54, 1.807) is 0 Å². The van der Waals surface area contributed by atoms with E-state index in [4.69, 9.17) is 10.8 Å². The van der Waals surface area contributed by atoms with Gasteiger partial charge in [-0.2, -0.15) is 0 Å². The van der Waals surface area contributed by atoms with Crippen molar-refractivity contribution in [2.45, 2.75) is 64.4 Å². The molecule has 0 radical (unpaired) electrons. The van der Waals surface area contributed by atoms with Crippen molar-refractivity contribution >= 4 is 12.2 Å². The van der Waals surface area contributed by atoms with Crippen molar-refractivity contribution in [1.29, 1.82) is 0 Å². The standard InChI is InChI=1S/C22H35NO4/c1-3-5-14-26-18-21(27-15-6-4-2)17-23-22(25)16-20(12-13-24)19-10-8-7-9-11-19/h7-11,13,20-21H,3-6,12,14-18H2,1-2H3,(H,23,25)/i13T. The van der Waals surface area contributed by atoms with Crippen LogP contribution in [0.15, 0.2) is 30.3 Å². The van der Waals surface area contributed by atoms with Crippen molar-refractivity contribution in [3.05, 3.63) is 35.9 Å². The average molecular weight is 380 g/mol. The lowest BCUT2D eigenvalue weighted by Crippen LogP contribution is -2.37. The molecule has 5 heteroatoms. The third-order valence-electron chi connectivity index (χ3n) is 4.36. The summed E-state index contributed by atoms with van der Waals surface area (Å²) in [5, 5.41) is 2.91. The SMILES string of the molecule is [3H]C(=O)CC(CC(=O)NCC(COCCCC)OCCCC)c1ccccc1. The van der Waals surface area contributed by atoms with Crippen LogP contribution in [0.1, 0.15) is 65.2 Å². The second-order valence-electron chi connectivity index (χ2n) is 6.74. The molecule has 0 aliphatic carbocycles. The molecule has 1 amide bonds. The molecule has 0 fully saturated rings. The molecule has 1 rings (SSSR count). The summed E-state index contributed by atoms with van der Waals surface area (Å²) in [6.45, 7) is 6.40. The Kier molecular flexibility index (Phi) is 12.3. The summed E-state index contributed by atoms with van der Waals surface area (Å²) in [4.78, 5) is 23.7. The van der Waals surface area contributed by atoms with Crippen LogP contribution in [0.5, 0.6) is 0 Å². The van der Waals surface area contributed by atoms with Gasteiger partial charge in [0, 0.05) is 32.6 Å². The Balaban J connectivity index is 2.53. The number of aldehydes is 1. The molecule has 0 bridgehead atoms. The van der Waals surface area contributed by atoms with Crippen molar-refractivity contribution in [3.63, 3.8) is 0 Å². The molecule has 0 heterocycles. The van der Waals surface area contributed by atoms with Gasteiger partial charge in [-0.15, -0.1) is 0 Å². The zero-order valence-corrected chi connectivity index (χ0v) is 16.7. The molecule has 1 aromatic rings. The van der Waals surface area contributed by atoms with Gasteiger partial charge in [0.15, 0.2) is 0 Å². The van der Waals surface area contributed by atoms with Crippen molar-refractivity contribution in [1.82, 2.24) is 5.32 Å². The molecule has 0 saturated heterocycles. The maximum absolute atomic E-state index is 12.4. The van der Waals surface area contributed by atoms with Gasteiger partial charge in [0.05, 0.1) is 12.7 Å². The highest BCUT2D eigenvalue weighted by Gasteiger charge is 2.17. The Morgan fingerprint density at radius 1 is 1.19 bits per heavy atom. The second kappa shape index (κ2) is 15.3. The Morgan fingerprint density at radius 2 is 1.89 bits per heavy atom. The highest BCUT2D eigenvalue weighted by molar-refractivity contribution is 5.77. The summed E-state index contributed by atoms with van der Waals surface area (Å²) in [5.41, 5.74) is 0.900. The highest BCUT2D eigenvalue weighted by Crippen LogP contribution is 2.22. The zero-order valence-electron chi connectivity index (χ0n) is 17.7. The van der Waals surface area contributed by atoms with Crippen molar-refractivity contribution in [2.75, 3.05) is 26.4 Å². The van der Waals surface area contributed by atoms with Crippen LogP contribution in [0, 0.1) is 0 Å². The number of amides is 1. The lowest BCUT2D eigenvalue weighted by atomic mass is 9.93. The number of carbonyl (C=O) groups excluding carboxylic acids is 2. The van der Waals surface area contributed by atoms with Gasteiger partial charge in [-0.3, -0.25) is 4.79 Å². The van der Waals surface area contributed by atoms with E-state index < -0.39 is 6.26 Å². The van der Waals surface area contributed by atoms with Crippen molar-refractivity contribution in [3.8, 4) is 0 Å². The predicted molar refractivity (Wildman–Crippen MR) is 108 cm³/mol. The van der Waals surface area contributed by atoms with Crippen LogP contribution in [-0.4, -0.2) is 44.6 Å². The number of rotatable bonds is 16. The summed E-state index contributed by atoms with van der Waals surface area (Å²) < 4.78 is 18.8. The Bertz CT molecular complexity index is 553. The van der Waals surface area contributed by atoms with Crippen LogP contribution < -0.4 is 5.32 Å². The van der Waals surface area contributed by atoms with E-state index in [0.29, 0.717) is 26.4 Å². The molecule has 152 valence electrons. The molecule has 0 aliphatic heterocycles. The first-order valence-electron chi connectivity index (χ1n) is 10.6. The molecule has 0 aliphatic rings. The molecule has 2 atom stereocenters. The first-order valence-corrected chi connectivity index (χ1v) is 10.1. The molecular weight excluding hydrogens is 342 g/mol. The van der Waals surface area contributed by atoms with Gasteiger partial charge in [-0.1, -0.05) is 57.0 Å². The van der Waals surface area contributed by atoms with Crippen LogP contribution in [0.4, 0.5) is 0 Å². The molecular formula is C22H35NO4. The number of nitrogens with one attached hydrogen (secondary N) is 1. The fourth-order valence-corrected chi connectivity index (χ4v) is 2.68. The van der Waals surface area contributed by atoms with E-state index in [-0.39, 0.29) is 30.8 Å². The minimum Gasteiger partial charge on any atom is -0.379 e. The number of hydrogen-bond donors (Lipinski definition) is 1. The Hall–Kier alpha value is -1.72. The summed E-state index contributed by atoms with van der Waals surface area (Å²) in [6, 6.07) is 9.41. The third-order valence-corrected chi connectivity index (χ3v) is 4.36. The van der Waals surface area contributed by atoms with Gasteiger partial charge < -0.3 is 19.6 Å². The van der Waals surface area contributed by atoms with Gasteiger partial charge in [0.1, 0.15) is 7.63 Å². The molecule has 1 N–H and O–H groups in total. The summed E-state index contributed by atoms with van der Waals surface area (Å²) >= 11 is 0. The monoisotopic (exact) mass is 379 g/mol. The van der Waals surface area contributed by atoms with E-state index >= 15 is 0 Å². The summed E-state index contributed by atoms with van der Waals surface area (Å²) in [5.74, 6) is -0.431. The third kappa shape index (κ3) is 10.9. The quantitative estimate of drug-likeness (QED) is 0.350. The number of hydrogen-bond acceptors (Lipinski definition) is 4. The lowest BCUT2D eigenvalue weighted by molar-refractivity contribution is -0.122.